The van der Waals surface area contributed by atoms with Gasteiger partial charge in [-0.1, -0.05) is 45.9 Å². The zero-order chi connectivity index (χ0) is 16.7. The molecule has 0 amide bonds. The summed E-state index contributed by atoms with van der Waals surface area (Å²) in [6, 6.07) is 10.3. The van der Waals surface area contributed by atoms with Gasteiger partial charge in [0.15, 0.2) is 0 Å². The van der Waals surface area contributed by atoms with Crippen LogP contribution in [0.4, 0.5) is 17.5 Å². The van der Waals surface area contributed by atoms with Crippen LogP contribution in [-0.4, -0.2) is 23.1 Å². The second-order valence-corrected chi connectivity index (χ2v) is 6.10. The van der Waals surface area contributed by atoms with Crippen molar-refractivity contribution in [2.24, 2.45) is 0 Å². The fraction of sp³-hybridized carbons (Fsp3) is 0.474. The lowest BCUT2D eigenvalue weighted by atomic mass is 10.0. The van der Waals surface area contributed by atoms with E-state index in [4.69, 9.17) is 4.98 Å². The number of para-hydroxylation sites is 1. The van der Waals surface area contributed by atoms with Crippen LogP contribution in [0.3, 0.4) is 0 Å². The molecule has 0 bridgehead atoms. The van der Waals surface area contributed by atoms with Crippen molar-refractivity contribution in [3.8, 4) is 0 Å². The topological polar surface area (TPSA) is 41.1 Å². The van der Waals surface area contributed by atoms with Crippen LogP contribution in [0.2, 0.25) is 0 Å². The van der Waals surface area contributed by atoms with Crippen molar-refractivity contribution >= 4 is 17.5 Å². The summed E-state index contributed by atoms with van der Waals surface area (Å²) < 4.78 is 0. The van der Waals surface area contributed by atoms with Crippen molar-refractivity contribution in [1.82, 2.24) is 9.97 Å². The summed E-state index contributed by atoms with van der Waals surface area (Å²) in [4.78, 5) is 11.4. The zero-order valence-corrected chi connectivity index (χ0v) is 14.7. The quantitative estimate of drug-likeness (QED) is 0.747. The van der Waals surface area contributed by atoms with Crippen LogP contribution in [0.1, 0.15) is 52.0 Å². The number of anilines is 3. The summed E-state index contributed by atoms with van der Waals surface area (Å²) in [6.07, 6.45) is 4.02. The van der Waals surface area contributed by atoms with Gasteiger partial charge in [-0.2, -0.15) is 4.98 Å². The molecular formula is C19H28N4. The van der Waals surface area contributed by atoms with Gasteiger partial charge in [0.25, 0.3) is 0 Å². The molecule has 1 N–H and O–H groups in total. The van der Waals surface area contributed by atoms with Crippen LogP contribution in [0.15, 0.2) is 36.5 Å². The Morgan fingerprint density at radius 2 is 1.74 bits per heavy atom. The lowest BCUT2D eigenvalue weighted by molar-refractivity contribution is 0.721. The fourth-order valence-electron chi connectivity index (χ4n) is 2.67. The Bertz CT molecular complexity index is 604. The van der Waals surface area contributed by atoms with Crippen molar-refractivity contribution in [2.75, 3.05) is 23.3 Å². The first-order valence-electron chi connectivity index (χ1n) is 8.59. The highest BCUT2D eigenvalue weighted by molar-refractivity contribution is 5.62. The van der Waals surface area contributed by atoms with E-state index in [1.54, 1.807) is 0 Å². The van der Waals surface area contributed by atoms with Gasteiger partial charge in [-0.15, -0.1) is 0 Å². The predicted molar refractivity (Wildman–Crippen MR) is 98.6 cm³/mol. The van der Waals surface area contributed by atoms with E-state index in [-0.39, 0.29) is 0 Å². The van der Waals surface area contributed by atoms with E-state index in [1.165, 1.54) is 5.56 Å². The number of hydrogen-bond acceptors (Lipinski definition) is 4. The molecule has 0 saturated heterocycles. The highest BCUT2D eigenvalue weighted by Gasteiger charge is 2.10. The van der Waals surface area contributed by atoms with Crippen molar-refractivity contribution in [3.63, 3.8) is 0 Å². The predicted octanol–water partition coefficient (Wildman–Crippen LogP) is 4.97. The second kappa shape index (κ2) is 8.51. The molecule has 0 aliphatic carbocycles. The molecule has 1 aromatic carbocycles. The molecule has 4 heteroatoms. The first-order valence-corrected chi connectivity index (χ1v) is 8.59. The van der Waals surface area contributed by atoms with Gasteiger partial charge >= 0.3 is 0 Å². The van der Waals surface area contributed by atoms with E-state index in [1.807, 2.05) is 12.3 Å². The van der Waals surface area contributed by atoms with Crippen LogP contribution >= 0.6 is 0 Å². The van der Waals surface area contributed by atoms with E-state index >= 15 is 0 Å². The van der Waals surface area contributed by atoms with Crippen molar-refractivity contribution < 1.29 is 0 Å². The maximum Gasteiger partial charge on any atom is 0.227 e. The number of rotatable bonds is 8. The van der Waals surface area contributed by atoms with E-state index in [2.05, 4.69) is 67.2 Å². The van der Waals surface area contributed by atoms with E-state index in [0.717, 1.165) is 43.4 Å². The van der Waals surface area contributed by atoms with Crippen LogP contribution in [0.25, 0.3) is 0 Å². The SMILES string of the molecule is CCCN(CCC)c1nccc(Nc2ccccc2C(C)C)n1. The summed E-state index contributed by atoms with van der Waals surface area (Å²) in [7, 11) is 0. The Kier molecular flexibility index (Phi) is 6.39. The van der Waals surface area contributed by atoms with Gasteiger partial charge in [-0.05, 0) is 36.5 Å². The van der Waals surface area contributed by atoms with Gasteiger partial charge in [-0.25, -0.2) is 4.98 Å². The van der Waals surface area contributed by atoms with Gasteiger partial charge < -0.3 is 10.2 Å². The molecule has 23 heavy (non-hydrogen) atoms. The maximum atomic E-state index is 4.71. The highest BCUT2D eigenvalue weighted by Crippen LogP contribution is 2.26. The molecular weight excluding hydrogens is 284 g/mol. The number of nitrogens with zero attached hydrogens (tertiary/aromatic N) is 3. The summed E-state index contributed by atoms with van der Waals surface area (Å²) in [5.41, 5.74) is 2.41. The van der Waals surface area contributed by atoms with E-state index in [0.29, 0.717) is 5.92 Å². The Morgan fingerprint density at radius 3 is 2.39 bits per heavy atom. The first kappa shape index (κ1) is 17.3. The third kappa shape index (κ3) is 4.68. The lowest BCUT2D eigenvalue weighted by Crippen LogP contribution is -2.27. The average molecular weight is 312 g/mol. The molecule has 0 radical (unpaired) electrons. The average Bonchev–Trinajstić information content (AvgIpc) is 2.55. The van der Waals surface area contributed by atoms with Crippen LogP contribution in [0, 0.1) is 0 Å². The van der Waals surface area contributed by atoms with Crippen molar-refractivity contribution in [3.05, 3.63) is 42.1 Å². The van der Waals surface area contributed by atoms with Gasteiger partial charge in [-0.3, -0.25) is 0 Å². The van der Waals surface area contributed by atoms with E-state index < -0.39 is 0 Å². The monoisotopic (exact) mass is 312 g/mol. The van der Waals surface area contributed by atoms with Crippen LogP contribution in [0.5, 0.6) is 0 Å². The zero-order valence-electron chi connectivity index (χ0n) is 14.7. The molecule has 2 rings (SSSR count). The molecule has 124 valence electrons. The number of nitrogens with one attached hydrogen (secondary N) is 1. The Hall–Kier alpha value is -2.10. The van der Waals surface area contributed by atoms with Gasteiger partial charge in [0.1, 0.15) is 5.82 Å². The lowest BCUT2D eigenvalue weighted by Gasteiger charge is -2.22. The molecule has 0 aliphatic rings. The molecule has 0 unspecified atom stereocenters. The molecule has 0 atom stereocenters. The molecule has 0 saturated carbocycles. The Labute approximate surface area is 140 Å². The van der Waals surface area contributed by atoms with Gasteiger partial charge in [0, 0.05) is 25.0 Å². The molecule has 2 aromatic rings. The molecule has 1 heterocycles. The van der Waals surface area contributed by atoms with Gasteiger partial charge in [0.2, 0.25) is 5.95 Å². The minimum atomic E-state index is 0.469. The minimum Gasteiger partial charge on any atom is -0.341 e. The number of aromatic nitrogens is 2. The van der Waals surface area contributed by atoms with E-state index in [9.17, 15) is 0 Å². The third-order valence-electron chi connectivity index (χ3n) is 3.76. The summed E-state index contributed by atoms with van der Waals surface area (Å²) >= 11 is 0. The molecule has 0 aliphatic heterocycles. The molecule has 0 spiro atoms. The highest BCUT2D eigenvalue weighted by atomic mass is 15.3. The van der Waals surface area contributed by atoms with Crippen LogP contribution < -0.4 is 10.2 Å². The molecule has 1 aromatic heterocycles. The van der Waals surface area contributed by atoms with Crippen LogP contribution in [-0.2, 0) is 0 Å². The summed E-state index contributed by atoms with van der Waals surface area (Å²) in [5.74, 6) is 2.12. The number of hydrogen-bond donors (Lipinski definition) is 1. The first-order chi connectivity index (χ1) is 11.2. The Balaban J connectivity index is 2.23. The van der Waals surface area contributed by atoms with Gasteiger partial charge in [0.05, 0.1) is 0 Å². The Morgan fingerprint density at radius 1 is 1.04 bits per heavy atom. The third-order valence-corrected chi connectivity index (χ3v) is 3.76. The fourth-order valence-corrected chi connectivity index (χ4v) is 2.67. The van der Waals surface area contributed by atoms with Crippen molar-refractivity contribution in [2.45, 2.75) is 46.5 Å². The molecule has 4 nitrogen and oxygen atoms in total. The largest absolute Gasteiger partial charge is 0.341 e. The summed E-state index contributed by atoms with van der Waals surface area (Å²) in [5, 5.41) is 3.46. The standard InChI is InChI=1S/C19H28N4/c1-5-13-23(14-6-2)19-20-12-11-18(22-19)21-17-10-8-7-9-16(17)15(3)4/h7-12,15H,5-6,13-14H2,1-4H3,(H,20,21,22). The summed E-state index contributed by atoms with van der Waals surface area (Å²) in [6.45, 7) is 10.7. The molecule has 0 fully saturated rings. The smallest absolute Gasteiger partial charge is 0.227 e. The van der Waals surface area contributed by atoms with Crippen molar-refractivity contribution in [1.29, 1.82) is 0 Å². The number of benzene rings is 1. The minimum absolute atomic E-state index is 0.469. The normalized spacial score (nSPS) is 10.8. The maximum absolute atomic E-state index is 4.71. The second-order valence-electron chi connectivity index (χ2n) is 6.10.